The minimum atomic E-state index is -0.451. The smallest absolute Gasteiger partial charge is 0.269 e. The molecule has 0 aromatic carbocycles. The summed E-state index contributed by atoms with van der Waals surface area (Å²) in [6.45, 7) is 0. The van der Waals surface area contributed by atoms with E-state index in [0.717, 1.165) is 6.20 Å². The van der Waals surface area contributed by atoms with Crippen LogP contribution in [-0.4, -0.2) is 68.3 Å². The summed E-state index contributed by atoms with van der Waals surface area (Å²) in [7, 11) is 0. The van der Waals surface area contributed by atoms with E-state index in [1.165, 1.54) is 124 Å². The first-order valence-corrected chi connectivity index (χ1v) is 20.3. The number of nitriles is 1. The Hall–Kier alpha value is -8.85. The van der Waals surface area contributed by atoms with Gasteiger partial charge in [0.15, 0.2) is 16.8 Å². The number of hydrogen-bond acceptors (Lipinski definition) is 12. The summed E-state index contributed by atoms with van der Waals surface area (Å²) >= 11 is 17.2. The Morgan fingerprint density at radius 2 is 1.07 bits per heavy atom. The van der Waals surface area contributed by atoms with E-state index in [4.69, 9.17) is 56.9 Å². The lowest BCUT2D eigenvalue weighted by atomic mass is 10.4. The first-order valence-electron chi connectivity index (χ1n) is 19.1. The quantitative estimate of drug-likeness (QED) is 0.0568. The van der Waals surface area contributed by atoms with Gasteiger partial charge in [-0.3, -0.25) is 27.8 Å². The summed E-state index contributed by atoms with van der Waals surface area (Å²) in [4.78, 5) is 45.6. The van der Waals surface area contributed by atoms with Crippen molar-refractivity contribution in [2.24, 2.45) is 5.73 Å². The molecule has 0 radical (unpaired) electrons. The van der Waals surface area contributed by atoms with Crippen molar-refractivity contribution in [2.45, 2.75) is 0 Å². The highest BCUT2D eigenvalue weighted by Gasteiger charge is 2.13. The number of anilines is 1. The van der Waals surface area contributed by atoms with Gasteiger partial charge in [0.2, 0.25) is 0 Å². The zero-order valence-corrected chi connectivity index (χ0v) is 36.8. The molecule has 0 aliphatic carbocycles. The second kappa shape index (κ2) is 21.2. The van der Waals surface area contributed by atoms with Crippen LogP contribution in [0.4, 0.5) is 27.8 Å². The minimum absolute atomic E-state index is 0.00116. The molecule has 11 heterocycles. The molecule has 69 heavy (non-hydrogen) atoms. The van der Waals surface area contributed by atoms with Crippen molar-refractivity contribution < 1.29 is 22.0 Å². The van der Waals surface area contributed by atoms with Gasteiger partial charge in [0, 0.05) is 24.8 Å². The van der Waals surface area contributed by atoms with Gasteiger partial charge in [-0.15, -0.1) is 0 Å². The Labute approximate surface area is 398 Å². The third kappa shape index (κ3) is 11.6. The van der Waals surface area contributed by atoms with Crippen molar-refractivity contribution in [1.82, 2.24) is 62.5 Å². The highest BCUT2D eigenvalue weighted by molar-refractivity contribution is 6.41. The van der Waals surface area contributed by atoms with E-state index in [-0.39, 0.29) is 50.1 Å². The van der Waals surface area contributed by atoms with Crippen LogP contribution in [0.1, 0.15) is 11.4 Å². The number of H-pyrrole nitrogens is 1. The molecule has 11 aromatic heterocycles. The van der Waals surface area contributed by atoms with E-state index in [9.17, 15) is 26.7 Å². The number of fused-ring (bicyclic) bond motifs is 4. The SMILES string of the molecule is Fc1ccc2ncc(-c3ncc(Cl)c(Cl)n3)n2c1.N#Cc1cnc2ccc(F)cn12.N=C(N)c1cnc2ccc(F)cn12.Nc1ccc(F)cn1.O=c1[nH]c(-c2cnc3ccc(F)cn23)ncc1Cl. The van der Waals surface area contributed by atoms with Crippen LogP contribution >= 0.6 is 34.8 Å². The molecular formula is C43H27Cl3F5N17O. The molecule has 0 aliphatic rings. The average Bonchev–Trinajstić information content (AvgIpc) is 4.15. The molecule has 11 rings (SSSR count). The van der Waals surface area contributed by atoms with E-state index < -0.39 is 11.4 Å². The molecule has 346 valence electrons. The number of nitrogens with one attached hydrogen (secondary N) is 2. The van der Waals surface area contributed by atoms with Gasteiger partial charge >= 0.3 is 0 Å². The van der Waals surface area contributed by atoms with E-state index >= 15 is 0 Å². The molecule has 0 saturated heterocycles. The molecule has 0 spiro atoms. The number of pyridine rings is 5. The monoisotopic (exact) mass is 997 g/mol. The van der Waals surface area contributed by atoms with Gasteiger partial charge < -0.3 is 16.5 Å². The number of aromatic amines is 1. The van der Waals surface area contributed by atoms with Gasteiger partial charge in [0.1, 0.15) is 97.2 Å². The van der Waals surface area contributed by atoms with Gasteiger partial charge in [-0.2, -0.15) is 5.26 Å². The van der Waals surface area contributed by atoms with Crippen LogP contribution in [-0.2, 0) is 0 Å². The summed E-state index contributed by atoms with van der Waals surface area (Å²) < 4.78 is 69.8. The van der Waals surface area contributed by atoms with Crippen LogP contribution < -0.4 is 17.0 Å². The fourth-order valence-corrected chi connectivity index (χ4v) is 6.12. The second-order valence-corrected chi connectivity index (χ2v) is 14.7. The minimum Gasteiger partial charge on any atom is -0.384 e. The fourth-order valence-electron chi connectivity index (χ4n) is 5.81. The first kappa shape index (κ1) is 48.1. The van der Waals surface area contributed by atoms with Crippen LogP contribution in [0.5, 0.6) is 0 Å². The molecule has 0 fully saturated rings. The predicted octanol–water partition coefficient (Wildman–Crippen LogP) is 8.02. The normalized spacial score (nSPS) is 10.5. The lowest BCUT2D eigenvalue weighted by Crippen LogP contribution is -2.13. The standard InChI is InChI=1S/C11H5Cl2FN4.C11H6ClFN4O.C8H7FN4.C8H4FN3.C5H5FN2/c12-7-3-16-11(17-10(7)13)8-4-15-9-2-1-6(14)5-18(8)9;12-7-3-15-10(16-11(7)18)8-4-14-9-2-1-6(13)5-17(8)9;9-5-1-2-7-12-3-6(8(10)11)13(7)4-5;9-6-1-2-8-11-4-7(3-10)12(8)5-6;6-4-1-2-5(7)8-3-4/h1-5H;1-5H,(H,15,16,18);1-4H,(H3,10,11);1-2,4-5H;1-3H,(H2,7,8). The highest BCUT2D eigenvalue weighted by Crippen LogP contribution is 2.24. The van der Waals surface area contributed by atoms with E-state index in [1.807, 2.05) is 6.07 Å². The van der Waals surface area contributed by atoms with Crippen molar-refractivity contribution in [3.05, 3.63) is 195 Å². The Morgan fingerprint density at radius 3 is 1.61 bits per heavy atom. The maximum atomic E-state index is 13.2. The van der Waals surface area contributed by atoms with Gasteiger partial charge in [-0.25, -0.2) is 61.8 Å². The molecule has 0 unspecified atom stereocenters. The van der Waals surface area contributed by atoms with Crippen LogP contribution in [0.25, 0.3) is 45.6 Å². The summed E-state index contributed by atoms with van der Waals surface area (Å²) in [6, 6.07) is 16.0. The number of nitrogens with zero attached hydrogens (tertiary/aromatic N) is 13. The van der Waals surface area contributed by atoms with Crippen LogP contribution in [0.15, 0.2) is 134 Å². The molecular weight excluding hydrogens is 972 g/mol. The number of nitrogen functional groups attached to an aromatic ring is 2. The molecule has 0 bridgehead atoms. The van der Waals surface area contributed by atoms with Crippen LogP contribution in [0.3, 0.4) is 0 Å². The zero-order valence-electron chi connectivity index (χ0n) is 34.5. The Morgan fingerprint density at radius 1 is 0.580 bits per heavy atom. The fraction of sp³-hybridized carbons (Fsp3) is 0. The largest absolute Gasteiger partial charge is 0.384 e. The topological polar surface area (TPSA) is 253 Å². The van der Waals surface area contributed by atoms with Crippen molar-refractivity contribution >= 4 is 69.0 Å². The predicted molar refractivity (Wildman–Crippen MR) is 245 cm³/mol. The van der Waals surface area contributed by atoms with Crippen LogP contribution in [0.2, 0.25) is 15.2 Å². The lowest BCUT2D eigenvalue weighted by Gasteiger charge is -2.01. The Kier molecular flexibility index (Phi) is 14.8. The molecule has 0 amide bonds. The molecule has 0 saturated carbocycles. The molecule has 0 aliphatic heterocycles. The lowest BCUT2D eigenvalue weighted by molar-refractivity contribution is 0.618. The molecule has 18 nitrogen and oxygen atoms in total. The van der Waals surface area contributed by atoms with Crippen molar-refractivity contribution in [3.63, 3.8) is 0 Å². The number of halogens is 8. The number of amidine groups is 1. The average molecular weight is 999 g/mol. The first-order chi connectivity index (χ1) is 33.1. The van der Waals surface area contributed by atoms with Gasteiger partial charge in [0.05, 0.1) is 48.4 Å². The highest BCUT2D eigenvalue weighted by atomic mass is 35.5. The summed E-state index contributed by atoms with van der Waals surface area (Å²) in [5, 5.41) is 16.2. The molecule has 6 N–H and O–H groups in total. The van der Waals surface area contributed by atoms with Crippen molar-refractivity contribution in [2.75, 3.05) is 5.73 Å². The Balaban J connectivity index is 0.000000131. The number of imidazole rings is 4. The number of nitrogens with two attached hydrogens (primary N) is 2. The van der Waals surface area contributed by atoms with Gasteiger partial charge in [-0.05, 0) is 60.7 Å². The number of hydrogen-bond donors (Lipinski definition) is 4. The van der Waals surface area contributed by atoms with Crippen molar-refractivity contribution in [3.8, 4) is 29.1 Å². The summed E-state index contributed by atoms with van der Waals surface area (Å²) in [5.74, 6) is -1.07. The van der Waals surface area contributed by atoms with Gasteiger partial charge in [0.25, 0.3) is 5.56 Å². The molecule has 11 aromatic rings. The van der Waals surface area contributed by atoms with Crippen LogP contribution in [0, 0.1) is 45.8 Å². The van der Waals surface area contributed by atoms with Crippen molar-refractivity contribution in [1.29, 1.82) is 10.7 Å². The third-order valence-electron chi connectivity index (χ3n) is 8.95. The number of aromatic nitrogens is 13. The van der Waals surface area contributed by atoms with E-state index in [2.05, 4.69) is 44.9 Å². The molecule has 26 heteroatoms. The summed E-state index contributed by atoms with van der Waals surface area (Å²) in [5.41, 5.74) is 14.0. The Bertz CT molecular complexity index is 3720. The molecule has 0 atom stereocenters. The number of rotatable bonds is 3. The third-order valence-corrected chi connectivity index (χ3v) is 9.88. The van der Waals surface area contributed by atoms with E-state index in [1.54, 1.807) is 16.7 Å². The maximum absolute atomic E-state index is 13.2. The maximum Gasteiger partial charge on any atom is 0.269 e. The zero-order chi connectivity index (χ0) is 49.4. The summed E-state index contributed by atoms with van der Waals surface area (Å²) in [6.07, 6.45) is 14.7. The van der Waals surface area contributed by atoms with Gasteiger partial charge in [-0.1, -0.05) is 34.8 Å². The van der Waals surface area contributed by atoms with E-state index in [0.29, 0.717) is 57.0 Å². The second-order valence-electron chi connectivity index (χ2n) is 13.5.